The average molecular weight is 411 g/mol. The van der Waals surface area contributed by atoms with Crippen molar-refractivity contribution in [1.82, 2.24) is 0 Å². The zero-order chi connectivity index (χ0) is 17.5. The Morgan fingerprint density at radius 1 is 1.12 bits per heavy atom. The number of hydrogen-bond acceptors (Lipinski definition) is 4. The summed E-state index contributed by atoms with van der Waals surface area (Å²) in [6, 6.07) is 11.6. The zero-order valence-corrected chi connectivity index (χ0v) is 14.9. The molecular formula is C17H13BrClNO4. The van der Waals surface area contributed by atoms with Gasteiger partial charge in [0, 0.05) is 21.6 Å². The molecule has 2 aromatic carbocycles. The maximum atomic E-state index is 11.9. The molecule has 7 heteroatoms. The van der Waals surface area contributed by atoms with Gasteiger partial charge in [0.25, 0.3) is 0 Å². The van der Waals surface area contributed by atoms with Gasteiger partial charge in [-0.2, -0.15) is 0 Å². The molecule has 0 unspecified atom stereocenters. The molecule has 0 aliphatic carbocycles. The van der Waals surface area contributed by atoms with E-state index in [0.717, 1.165) is 16.6 Å². The summed E-state index contributed by atoms with van der Waals surface area (Å²) in [4.78, 5) is 23.6. The SMILES string of the molecule is COc1ccc(Cl)cc1NC(=O)/C=C/C(=O)Oc1ccc(Br)cc1. The molecule has 1 amide bonds. The molecule has 124 valence electrons. The Hall–Kier alpha value is -2.31. The first-order valence-electron chi connectivity index (χ1n) is 6.78. The van der Waals surface area contributed by atoms with Crippen molar-refractivity contribution in [3.8, 4) is 11.5 Å². The minimum Gasteiger partial charge on any atom is -0.495 e. The number of ether oxygens (including phenoxy) is 2. The second-order valence-electron chi connectivity index (χ2n) is 4.54. The smallest absolute Gasteiger partial charge is 0.336 e. The second-order valence-corrected chi connectivity index (χ2v) is 5.89. The van der Waals surface area contributed by atoms with Gasteiger partial charge in [-0.05, 0) is 42.5 Å². The maximum Gasteiger partial charge on any atom is 0.336 e. The summed E-state index contributed by atoms with van der Waals surface area (Å²) in [5.74, 6) is -0.336. The molecule has 0 aliphatic heterocycles. The van der Waals surface area contributed by atoms with Gasteiger partial charge in [0.1, 0.15) is 11.5 Å². The third-order valence-electron chi connectivity index (χ3n) is 2.82. The highest BCUT2D eigenvalue weighted by atomic mass is 79.9. The van der Waals surface area contributed by atoms with E-state index in [4.69, 9.17) is 21.1 Å². The molecule has 0 saturated heterocycles. The van der Waals surface area contributed by atoms with Crippen molar-refractivity contribution in [2.45, 2.75) is 0 Å². The number of benzene rings is 2. The van der Waals surface area contributed by atoms with Gasteiger partial charge < -0.3 is 14.8 Å². The highest BCUT2D eigenvalue weighted by Gasteiger charge is 2.07. The van der Waals surface area contributed by atoms with E-state index < -0.39 is 11.9 Å². The van der Waals surface area contributed by atoms with Crippen molar-refractivity contribution in [3.05, 3.63) is 64.1 Å². The number of rotatable bonds is 5. The van der Waals surface area contributed by atoms with Gasteiger partial charge in [-0.15, -0.1) is 0 Å². The second kappa shape index (κ2) is 8.52. The van der Waals surface area contributed by atoms with Crippen LogP contribution in [0.25, 0.3) is 0 Å². The van der Waals surface area contributed by atoms with Gasteiger partial charge in [-0.25, -0.2) is 4.79 Å². The lowest BCUT2D eigenvalue weighted by Crippen LogP contribution is -2.11. The van der Waals surface area contributed by atoms with Crippen LogP contribution in [0.5, 0.6) is 11.5 Å². The number of hydrogen-bond donors (Lipinski definition) is 1. The predicted octanol–water partition coefficient (Wildman–Crippen LogP) is 4.21. The molecule has 0 radical (unpaired) electrons. The largest absolute Gasteiger partial charge is 0.495 e. The van der Waals surface area contributed by atoms with E-state index in [2.05, 4.69) is 21.2 Å². The Bertz CT molecular complexity index is 775. The minimum atomic E-state index is -0.662. The Balaban J connectivity index is 1.96. The third kappa shape index (κ3) is 5.40. The standard InChI is InChI=1S/C17H13BrClNO4/c1-23-15-7-4-12(19)10-14(15)20-16(21)8-9-17(22)24-13-5-2-11(18)3-6-13/h2-10H,1H3,(H,20,21)/b9-8+. The Morgan fingerprint density at radius 3 is 2.50 bits per heavy atom. The first kappa shape index (κ1) is 18.0. The summed E-state index contributed by atoms with van der Waals surface area (Å²) in [7, 11) is 1.48. The number of nitrogens with one attached hydrogen (secondary N) is 1. The molecule has 0 atom stereocenters. The Labute approximate surface area is 152 Å². The summed E-state index contributed by atoms with van der Waals surface area (Å²) in [6.07, 6.45) is 2.11. The highest BCUT2D eigenvalue weighted by molar-refractivity contribution is 9.10. The van der Waals surface area contributed by atoms with E-state index in [9.17, 15) is 9.59 Å². The minimum absolute atomic E-state index is 0.379. The van der Waals surface area contributed by atoms with Gasteiger partial charge in [-0.3, -0.25) is 4.79 Å². The van der Waals surface area contributed by atoms with Crippen LogP contribution in [-0.2, 0) is 9.59 Å². The average Bonchev–Trinajstić information content (AvgIpc) is 2.55. The van der Waals surface area contributed by atoms with Crippen LogP contribution in [0.3, 0.4) is 0 Å². The Kier molecular flexibility index (Phi) is 6.40. The normalized spacial score (nSPS) is 10.5. The number of amides is 1. The number of methoxy groups -OCH3 is 1. The fourth-order valence-electron chi connectivity index (χ4n) is 1.75. The van der Waals surface area contributed by atoms with Crippen molar-refractivity contribution in [2.24, 2.45) is 0 Å². The highest BCUT2D eigenvalue weighted by Crippen LogP contribution is 2.27. The van der Waals surface area contributed by atoms with Crippen molar-refractivity contribution in [2.75, 3.05) is 12.4 Å². The van der Waals surface area contributed by atoms with Crippen LogP contribution in [-0.4, -0.2) is 19.0 Å². The third-order valence-corrected chi connectivity index (χ3v) is 3.59. The molecular weight excluding hydrogens is 398 g/mol. The number of anilines is 1. The summed E-state index contributed by atoms with van der Waals surface area (Å²) in [6.45, 7) is 0. The van der Waals surface area contributed by atoms with Crippen LogP contribution in [0.1, 0.15) is 0 Å². The van der Waals surface area contributed by atoms with E-state index in [1.807, 2.05) is 0 Å². The lowest BCUT2D eigenvalue weighted by Gasteiger charge is -2.08. The molecule has 0 spiro atoms. The quantitative estimate of drug-likeness (QED) is 0.455. The molecule has 24 heavy (non-hydrogen) atoms. The van der Waals surface area contributed by atoms with Gasteiger partial charge in [0.2, 0.25) is 5.91 Å². The monoisotopic (exact) mass is 409 g/mol. The lowest BCUT2D eigenvalue weighted by molar-refractivity contribution is -0.129. The topological polar surface area (TPSA) is 64.6 Å². The van der Waals surface area contributed by atoms with E-state index >= 15 is 0 Å². The predicted molar refractivity (Wildman–Crippen MR) is 95.6 cm³/mol. The molecule has 0 fully saturated rings. The van der Waals surface area contributed by atoms with Crippen LogP contribution in [0, 0.1) is 0 Å². The Morgan fingerprint density at radius 2 is 1.83 bits per heavy atom. The molecule has 2 rings (SSSR count). The van der Waals surface area contributed by atoms with Crippen LogP contribution in [0.15, 0.2) is 59.1 Å². The summed E-state index contributed by atoms with van der Waals surface area (Å²) in [5.41, 5.74) is 0.404. The number of esters is 1. The molecule has 0 saturated carbocycles. The van der Waals surface area contributed by atoms with Crippen molar-refractivity contribution in [3.63, 3.8) is 0 Å². The summed E-state index contributed by atoms with van der Waals surface area (Å²) >= 11 is 9.17. The zero-order valence-electron chi connectivity index (χ0n) is 12.6. The van der Waals surface area contributed by atoms with Gasteiger partial charge in [0.05, 0.1) is 12.8 Å². The number of carbonyl (C=O) groups is 2. The molecule has 0 aliphatic rings. The molecule has 1 N–H and O–H groups in total. The van der Waals surface area contributed by atoms with E-state index in [0.29, 0.717) is 22.2 Å². The van der Waals surface area contributed by atoms with Crippen molar-refractivity contribution >= 4 is 45.1 Å². The molecule has 2 aromatic rings. The first-order chi connectivity index (χ1) is 11.5. The first-order valence-corrected chi connectivity index (χ1v) is 7.95. The van der Waals surface area contributed by atoms with Crippen LogP contribution < -0.4 is 14.8 Å². The molecule has 0 bridgehead atoms. The van der Waals surface area contributed by atoms with E-state index in [1.54, 1.807) is 42.5 Å². The summed E-state index contributed by atoms with van der Waals surface area (Å²) in [5, 5.41) is 3.03. The van der Waals surface area contributed by atoms with E-state index in [-0.39, 0.29) is 0 Å². The van der Waals surface area contributed by atoms with Crippen LogP contribution >= 0.6 is 27.5 Å². The maximum absolute atomic E-state index is 11.9. The summed E-state index contributed by atoms with van der Waals surface area (Å²) < 4.78 is 11.1. The van der Waals surface area contributed by atoms with Crippen LogP contribution in [0.2, 0.25) is 5.02 Å². The number of carbonyl (C=O) groups excluding carboxylic acids is 2. The van der Waals surface area contributed by atoms with Gasteiger partial charge in [-0.1, -0.05) is 27.5 Å². The molecule has 0 heterocycles. The lowest BCUT2D eigenvalue weighted by atomic mass is 10.3. The molecule has 5 nitrogen and oxygen atoms in total. The van der Waals surface area contributed by atoms with Gasteiger partial charge >= 0.3 is 5.97 Å². The van der Waals surface area contributed by atoms with E-state index in [1.165, 1.54) is 7.11 Å². The van der Waals surface area contributed by atoms with Crippen molar-refractivity contribution < 1.29 is 19.1 Å². The molecule has 0 aromatic heterocycles. The van der Waals surface area contributed by atoms with Crippen LogP contribution in [0.4, 0.5) is 5.69 Å². The fraction of sp³-hybridized carbons (Fsp3) is 0.0588. The fourth-order valence-corrected chi connectivity index (χ4v) is 2.19. The van der Waals surface area contributed by atoms with Gasteiger partial charge in [0.15, 0.2) is 0 Å². The van der Waals surface area contributed by atoms with Crippen molar-refractivity contribution in [1.29, 1.82) is 0 Å². The number of halogens is 2.